The molecule has 1 fully saturated rings. The SMILES string of the molecule is CN1CCN(C(=O)c2cccc(NC(=O)c3ccc(Br)cc3)c2)CC1. The zero-order chi connectivity index (χ0) is 17.8. The predicted molar refractivity (Wildman–Crippen MR) is 102 cm³/mol. The molecule has 1 aliphatic heterocycles. The van der Waals surface area contributed by atoms with E-state index in [-0.39, 0.29) is 11.8 Å². The van der Waals surface area contributed by atoms with Crippen molar-refractivity contribution in [3.05, 3.63) is 64.1 Å². The van der Waals surface area contributed by atoms with Gasteiger partial charge in [0, 0.05) is 47.5 Å². The Hall–Kier alpha value is -2.18. The van der Waals surface area contributed by atoms with Crippen molar-refractivity contribution in [3.8, 4) is 0 Å². The van der Waals surface area contributed by atoms with Crippen molar-refractivity contribution < 1.29 is 9.59 Å². The molecule has 6 heteroatoms. The topological polar surface area (TPSA) is 52.6 Å². The van der Waals surface area contributed by atoms with Crippen LogP contribution >= 0.6 is 15.9 Å². The second-order valence-corrected chi connectivity index (χ2v) is 7.05. The summed E-state index contributed by atoms with van der Waals surface area (Å²) in [4.78, 5) is 29.0. The molecule has 2 amide bonds. The van der Waals surface area contributed by atoms with Crippen molar-refractivity contribution >= 4 is 33.4 Å². The van der Waals surface area contributed by atoms with Gasteiger partial charge >= 0.3 is 0 Å². The van der Waals surface area contributed by atoms with Crippen molar-refractivity contribution in [3.63, 3.8) is 0 Å². The van der Waals surface area contributed by atoms with Crippen molar-refractivity contribution in [2.45, 2.75) is 0 Å². The number of likely N-dealkylation sites (N-methyl/N-ethyl adjacent to an activating group) is 1. The van der Waals surface area contributed by atoms with Gasteiger partial charge in [0.1, 0.15) is 0 Å². The highest BCUT2D eigenvalue weighted by Gasteiger charge is 2.20. The summed E-state index contributed by atoms with van der Waals surface area (Å²) in [6.45, 7) is 3.22. The number of halogens is 1. The summed E-state index contributed by atoms with van der Waals surface area (Å²) >= 11 is 3.35. The third-order valence-electron chi connectivity index (χ3n) is 4.26. The highest BCUT2D eigenvalue weighted by atomic mass is 79.9. The molecule has 5 nitrogen and oxygen atoms in total. The number of nitrogens with one attached hydrogen (secondary N) is 1. The van der Waals surface area contributed by atoms with Crippen LogP contribution in [0.3, 0.4) is 0 Å². The maximum absolute atomic E-state index is 12.6. The van der Waals surface area contributed by atoms with Crippen LogP contribution in [-0.2, 0) is 0 Å². The monoisotopic (exact) mass is 401 g/mol. The van der Waals surface area contributed by atoms with E-state index < -0.39 is 0 Å². The van der Waals surface area contributed by atoms with E-state index in [1.165, 1.54) is 0 Å². The molecule has 0 aliphatic carbocycles. The second kappa shape index (κ2) is 7.80. The smallest absolute Gasteiger partial charge is 0.255 e. The zero-order valence-corrected chi connectivity index (χ0v) is 15.6. The number of piperazine rings is 1. The van der Waals surface area contributed by atoms with Crippen molar-refractivity contribution in [1.82, 2.24) is 9.80 Å². The van der Waals surface area contributed by atoms with Gasteiger partial charge in [-0.1, -0.05) is 22.0 Å². The lowest BCUT2D eigenvalue weighted by atomic mass is 10.1. The molecule has 2 aromatic rings. The average molecular weight is 402 g/mol. The van der Waals surface area contributed by atoms with E-state index in [9.17, 15) is 9.59 Å². The maximum Gasteiger partial charge on any atom is 0.255 e. The van der Waals surface area contributed by atoms with E-state index in [0.29, 0.717) is 16.8 Å². The van der Waals surface area contributed by atoms with E-state index in [4.69, 9.17) is 0 Å². The van der Waals surface area contributed by atoms with Crippen LogP contribution in [0.4, 0.5) is 5.69 Å². The Morgan fingerprint density at radius 3 is 2.32 bits per heavy atom. The lowest BCUT2D eigenvalue weighted by molar-refractivity contribution is 0.0664. The summed E-state index contributed by atoms with van der Waals surface area (Å²) < 4.78 is 0.920. The van der Waals surface area contributed by atoms with Gasteiger partial charge in [0.2, 0.25) is 0 Å². The third kappa shape index (κ3) is 4.46. The van der Waals surface area contributed by atoms with Crippen LogP contribution in [0, 0.1) is 0 Å². The van der Waals surface area contributed by atoms with Crippen LogP contribution in [-0.4, -0.2) is 54.8 Å². The van der Waals surface area contributed by atoms with Gasteiger partial charge in [-0.15, -0.1) is 0 Å². The average Bonchev–Trinajstić information content (AvgIpc) is 2.62. The number of anilines is 1. The van der Waals surface area contributed by atoms with Crippen LogP contribution in [0.25, 0.3) is 0 Å². The fourth-order valence-corrected chi connectivity index (χ4v) is 2.99. The van der Waals surface area contributed by atoms with Gasteiger partial charge in [0.25, 0.3) is 11.8 Å². The summed E-state index contributed by atoms with van der Waals surface area (Å²) in [5.74, 6) is -0.190. The van der Waals surface area contributed by atoms with Crippen LogP contribution in [0.5, 0.6) is 0 Å². The Balaban J connectivity index is 1.69. The molecule has 3 rings (SSSR count). The molecule has 2 aromatic carbocycles. The van der Waals surface area contributed by atoms with Crippen molar-refractivity contribution in [2.24, 2.45) is 0 Å². The molecule has 1 aliphatic rings. The van der Waals surface area contributed by atoms with E-state index in [0.717, 1.165) is 30.7 Å². The molecule has 0 spiro atoms. The van der Waals surface area contributed by atoms with Gasteiger partial charge in [0.15, 0.2) is 0 Å². The van der Waals surface area contributed by atoms with Crippen LogP contribution in [0.1, 0.15) is 20.7 Å². The number of benzene rings is 2. The largest absolute Gasteiger partial charge is 0.336 e. The highest BCUT2D eigenvalue weighted by molar-refractivity contribution is 9.10. The Labute approximate surface area is 155 Å². The zero-order valence-electron chi connectivity index (χ0n) is 14.0. The van der Waals surface area contributed by atoms with E-state index in [1.807, 2.05) is 17.0 Å². The quantitative estimate of drug-likeness (QED) is 0.859. The molecule has 0 aromatic heterocycles. The van der Waals surface area contributed by atoms with Gasteiger partial charge in [-0.25, -0.2) is 0 Å². The Morgan fingerprint density at radius 1 is 0.960 bits per heavy atom. The Morgan fingerprint density at radius 2 is 1.64 bits per heavy atom. The van der Waals surface area contributed by atoms with E-state index >= 15 is 0 Å². The number of carbonyl (C=O) groups excluding carboxylic acids is 2. The summed E-state index contributed by atoms with van der Waals surface area (Å²) in [5.41, 5.74) is 1.78. The minimum absolute atomic E-state index is 0.00726. The summed E-state index contributed by atoms with van der Waals surface area (Å²) in [6.07, 6.45) is 0. The summed E-state index contributed by atoms with van der Waals surface area (Å²) in [7, 11) is 2.06. The molecule has 25 heavy (non-hydrogen) atoms. The van der Waals surface area contributed by atoms with E-state index in [2.05, 4.69) is 33.2 Å². The van der Waals surface area contributed by atoms with Gasteiger partial charge in [0.05, 0.1) is 0 Å². The number of hydrogen-bond acceptors (Lipinski definition) is 3. The molecule has 0 bridgehead atoms. The lowest BCUT2D eigenvalue weighted by Gasteiger charge is -2.32. The van der Waals surface area contributed by atoms with E-state index in [1.54, 1.807) is 36.4 Å². The first-order valence-corrected chi connectivity index (χ1v) is 8.97. The number of nitrogens with zero attached hydrogens (tertiary/aromatic N) is 2. The minimum Gasteiger partial charge on any atom is -0.336 e. The first-order chi connectivity index (χ1) is 12.0. The maximum atomic E-state index is 12.6. The molecule has 130 valence electrons. The minimum atomic E-state index is -0.198. The normalized spacial score (nSPS) is 15.0. The molecule has 0 saturated carbocycles. The first kappa shape index (κ1) is 17.6. The number of rotatable bonds is 3. The van der Waals surface area contributed by atoms with Crippen molar-refractivity contribution in [1.29, 1.82) is 0 Å². The summed E-state index contributed by atoms with van der Waals surface area (Å²) in [5, 5.41) is 2.85. The molecule has 1 N–H and O–H groups in total. The van der Waals surface area contributed by atoms with Crippen molar-refractivity contribution in [2.75, 3.05) is 38.5 Å². The van der Waals surface area contributed by atoms with Crippen LogP contribution < -0.4 is 5.32 Å². The van der Waals surface area contributed by atoms with Crippen LogP contribution in [0.15, 0.2) is 53.0 Å². The number of amides is 2. The predicted octanol–water partition coefficient (Wildman–Crippen LogP) is 3.09. The fourth-order valence-electron chi connectivity index (χ4n) is 2.73. The Kier molecular flexibility index (Phi) is 5.50. The Bertz CT molecular complexity index is 768. The number of hydrogen-bond donors (Lipinski definition) is 1. The second-order valence-electron chi connectivity index (χ2n) is 6.14. The molecule has 0 atom stereocenters. The summed E-state index contributed by atoms with van der Waals surface area (Å²) in [6, 6.07) is 14.2. The fraction of sp³-hybridized carbons (Fsp3) is 0.263. The third-order valence-corrected chi connectivity index (χ3v) is 4.79. The lowest BCUT2D eigenvalue weighted by Crippen LogP contribution is -2.47. The molecule has 1 heterocycles. The highest BCUT2D eigenvalue weighted by Crippen LogP contribution is 2.16. The molecule has 1 saturated heterocycles. The van der Waals surface area contributed by atoms with Gasteiger partial charge in [-0.3, -0.25) is 9.59 Å². The molecule has 0 unspecified atom stereocenters. The van der Waals surface area contributed by atoms with Crippen LogP contribution in [0.2, 0.25) is 0 Å². The number of carbonyl (C=O) groups is 2. The van der Waals surface area contributed by atoms with Gasteiger partial charge < -0.3 is 15.1 Å². The molecular weight excluding hydrogens is 382 g/mol. The van der Waals surface area contributed by atoms with Gasteiger partial charge in [-0.05, 0) is 49.5 Å². The molecular formula is C19H20BrN3O2. The van der Waals surface area contributed by atoms with Gasteiger partial charge in [-0.2, -0.15) is 0 Å². The standard InChI is InChI=1S/C19H20BrN3O2/c1-22-9-11-23(12-10-22)19(25)15-3-2-4-17(13-15)21-18(24)14-5-7-16(20)8-6-14/h2-8,13H,9-12H2,1H3,(H,21,24). The molecule has 0 radical (unpaired) electrons. The first-order valence-electron chi connectivity index (χ1n) is 8.18.